The van der Waals surface area contributed by atoms with Crippen LogP contribution in [0.5, 0.6) is 0 Å². The highest BCUT2D eigenvalue weighted by molar-refractivity contribution is 14.1. The lowest BCUT2D eigenvalue weighted by atomic mass is 10.3. The average molecular weight is 379 g/mol. The number of nitrogens with zero attached hydrogens (tertiary/aromatic N) is 2. The zero-order chi connectivity index (χ0) is 14.6. The zero-order valence-corrected chi connectivity index (χ0v) is 12.9. The average Bonchev–Trinajstić information content (AvgIpc) is 2.37. The van der Waals surface area contributed by atoms with Crippen LogP contribution in [0.1, 0.15) is 12.6 Å². The van der Waals surface area contributed by atoms with Gasteiger partial charge in [0.25, 0.3) is 5.56 Å². The van der Waals surface area contributed by atoms with Crippen LogP contribution in [0.25, 0.3) is 0 Å². The van der Waals surface area contributed by atoms with Gasteiger partial charge in [-0.3, -0.25) is 14.2 Å². The van der Waals surface area contributed by atoms with Crippen molar-refractivity contribution in [3.05, 3.63) is 25.9 Å². The second kappa shape index (κ2) is 6.64. The first-order valence-electron chi connectivity index (χ1n) is 5.43. The number of halogens is 1. The lowest BCUT2D eigenvalue weighted by molar-refractivity contribution is -0.145. The topological polar surface area (TPSA) is 90.3 Å². The third-order valence-corrected chi connectivity index (χ3v) is 3.64. The number of methoxy groups -OCH3 is 1. The molecule has 104 valence electrons. The summed E-state index contributed by atoms with van der Waals surface area (Å²) < 4.78 is 6.34. The molecule has 1 aromatic rings. The minimum Gasteiger partial charge on any atom is -0.467 e. The summed E-state index contributed by atoms with van der Waals surface area (Å²) in [7, 11) is 1.22. The summed E-state index contributed by atoms with van der Waals surface area (Å²) >= 11 is 1.89. The van der Waals surface area contributed by atoms with Gasteiger partial charge in [0.15, 0.2) is 0 Å². The normalized spacial score (nSPS) is 11.8. The predicted octanol–water partition coefficient (Wildman–Crippen LogP) is -0.166. The minimum atomic E-state index is -0.916. The van der Waals surface area contributed by atoms with E-state index in [0.29, 0.717) is 9.26 Å². The number of amides is 1. The number of hydrogen-bond acceptors (Lipinski definition) is 5. The van der Waals surface area contributed by atoms with Crippen LogP contribution in [0.15, 0.2) is 11.1 Å². The molecule has 19 heavy (non-hydrogen) atoms. The van der Waals surface area contributed by atoms with Gasteiger partial charge in [-0.15, -0.1) is 0 Å². The van der Waals surface area contributed by atoms with Gasteiger partial charge in [0.2, 0.25) is 5.91 Å². The number of rotatable bonds is 4. The van der Waals surface area contributed by atoms with Crippen molar-refractivity contribution in [3.63, 3.8) is 0 Å². The lowest BCUT2D eigenvalue weighted by Gasteiger charge is -2.16. The van der Waals surface area contributed by atoms with Gasteiger partial charge in [0, 0.05) is 6.92 Å². The van der Waals surface area contributed by atoms with E-state index < -0.39 is 12.0 Å². The Morgan fingerprint density at radius 1 is 1.58 bits per heavy atom. The van der Waals surface area contributed by atoms with Crippen molar-refractivity contribution in [2.24, 2.45) is 0 Å². The number of esters is 1. The van der Waals surface area contributed by atoms with E-state index in [-0.39, 0.29) is 18.0 Å². The molecular formula is C11H14IN3O4. The van der Waals surface area contributed by atoms with E-state index in [0.717, 1.165) is 0 Å². The summed E-state index contributed by atoms with van der Waals surface area (Å²) in [5.41, 5.74) is 0.364. The Labute approximate surface area is 123 Å². The smallest absolute Gasteiger partial charge is 0.330 e. The summed E-state index contributed by atoms with van der Waals surface area (Å²) in [6.45, 7) is 2.99. The van der Waals surface area contributed by atoms with E-state index in [2.05, 4.69) is 15.0 Å². The first-order chi connectivity index (χ1) is 8.86. The predicted molar refractivity (Wildman–Crippen MR) is 75.6 cm³/mol. The van der Waals surface area contributed by atoms with Crippen LogP contribution in [0.3, 0.4) is 0 Å². The summed E-state index contributed by atoms with van der Waals surface area (Å²) in [6.07, 6.45) is 1.34. The van der Waals surface area contributed by atoms with Crippen LogP contribution in [-0.2, 0) is 20.9 Å². The molecule has 0 bridgehead atoms. The van der Waals surface area contributed by atoms with E-state index in [1.54, 1.807) is 6.92 Å². The monoisotopic (exact) mass is 379 g/mol. The van der Waals surface area contributed by atoms with Gasteiger partial charge in [-0.25, -0.2) is 9.78 Å². The highest BCUT2D eigenvalue weighted by Crippen LogP contribution is 2.02. The Hall–Kier alpha value is -1.45. The number of nitrogens with one attached hydrogen (secondary N) is 1. The van der Waals surface area contributed by atoms with Crippen LogP contribution < -0.4 is 10.9 Å². The standard InChI is InChI=1S/C11H14IN3O4/c1-6-9(12)10(17)15(5-13-6)4-8(11(18)19-3)14-7(2)16/h5,8H,4H2,1-3H3,(H,14,16). The second-order valence-corrected chi connectivity index (χ2v) is 4.96. The summed E-state index contributed by atoms with van der Waals surface area (Å²) in [4.78, 5) is 38.6. The molecule has 1 N–H and O–H groups in total. The number of ether oxygens (including phenoxy) is 1. The number of carbonyl (C=O) groups excluding carboxylic acids is 2. The Balaban J connectivity index is 3.03. The van der Waals surface area contributed by atoms with Crippen molar-refractivity contribution in [1.82, 2.24) is 14.9 Å². The molecule has 7 nitrogen and oxygen atoms in total. The maximum atomic E-state index is 12.0. The third kappa shape index (κ3) is 4.01. The van der Waals surface area contributed by atoms with Gasteiger partial charge >= 0.3 is 5.97 Å². The van der Waals surface area contributed by atoms with Crippen molar-refractivity contribution in [2.45, 2.75) is 26.4 Å². The molecule has 0 aromatic carbocycles. The van der Waals surface area contributed by atoms with Crippen molar-refractivity contribution in [3.8, 4) is 0 Å². The van der Waals surface area contributed by atoms with Crippen molar-refractivity contribution >= 4 is 34.5 Å². The molecule has 1 aromatic heterocycles. The van der Waals surface area contributed by atoms with E-state index in [9.17, 15) is 14.4 Å². The molecule has 0 radical (unpaired) electrons. The van der Waals surface area contributed by atoms with E-state index in [1.807, 2.05) is 22.6 Å². The van der Waals surface area contributed by atoms with Crippen molar-refractivity contribution in [2.75, 3.05) is 7.11 Å². The fourth-order valence-electron chi connectivity index (χ4n) is 1.44. The van der Waals surface area contributed by atoms with Crippen molar-refractivity contribution in [1.29, 1.82) is 0 Å². The summed E-state index contributed by atoms with van der Waals surface area (Å²) in [6, 6.07) is -0.916. The molecule has 1 amide bonds. The highest BCUT2D eigenvalue weighted by atomic mass is 127. The van der Waals surface area contributed by atoms with Crippen LogP contribution in [0.4, 0.5) is 0 Å². The quantitative estimate of drug-likeness (QED) is 0.580. The largest absolute Gasteiger partial charge is 0.467 e. The van der Waals surface area contributed by atoms with Gasteiger partial charge in [-0.05, 0) is 29.5 Å². The zero-order valence-electron chi connectivity index (χ0n) is 10.8. The Morgan fingerprint density at radius 3 is 2.74 bits per heavy atom. The first-order valence-corrected chi connectivity index (χ1v) is 6.51. The van der Waals surface area contributed by atoms with Gasteiger partial charge < -0.3 is 10.1 Å². The first kappa shape index (κ1) is 15.6. The van der Waals surface area contributed by atoms with E-state index >= 15 is 0 Å². The molecule has 1 unspecified atom stereocenters. The van der Waals surface area contributed by atoms with E-state index in [1.165, 1.54) is 24.9 Å². The molecule has 0 aliphatic rings. The summed E-state index contributed by atoms with van der Waals surface area (Å²) in [5.74, 6) is -0.990. The molecule has 0 spiro atoms. The third-order valence-electron chi connectivity index (χ3n) is 2.40. The number of aromatic nitrogens is 2. The van der Waals surface area contributed by atoms with Crippen LogP contribution in [0.2, 0.25) is 0 Å². The molecule has 0 saturated heterocycles. The SMILES string of the molecule is COC(=O)C(Cn1cnc(C)c(I)c1=O)NC(C)=O. The Bertz CT molecular complexity index is 555. The van der Waals surface area contributed by atoms with Gasteiger partial charge in [-0.2, -0.15) is 0 Å². The van der Waals surface area contributed by atoms with Crippen LogP contribution in [-0.4, -0.2) is 34.6 Å². The second-order valence-electron chi connectivity index (χ2n) is 3.88. The molecule has 0 aliphatic heterocycles. The maximum absolute atomic E-state index is 12.0. The lowest BCUT2D eigenvalue weighted by Crippen LogP contribution is -2.45. The van der Waals surface area contributed by atoms with Crippen LogP contribution >= 0.6 is 22.6 Å². The van der Waals surface area contributed by atoms with Crippen LogP contribution in [0, 0.1) is 10.5 Å². The molecular weight excluding hydrogens is 365 g/mol. The number of hydrogen-bond donors (Lipinski definition) is 1. The van der Waals surface area contributed by atoms with Crippen molar-refractivity contribution < 1.29 is 14.3 Å². The Kier molecular flexibility index (Phi) is 5.45. The van der Waals surface area contributed by atoms with Gasteiger partial charge in [0.05, 0.1) is 29.2 Å². The minimum absolute atomic E-state index is 0.0195. The number of carbonyl (C=O) groups is 2. The molecule has 0 aliphatic carbocycles. The molecule has 8 heteroatoms. The molecule has 1 heterocycles. The maximum Gasteiger partial charge on any atom is 0.330 e. The van der Waals surface area contributed by atoms with Gasteiger partial charge in [-0.1, -0.05) is 0 Å². The molecule has 0 fully saturated rings. The molecule has 1 rings (SSSR count). The van der Waals surface area contributed by atoms with Gasteiger partial charge in [0.1, 0.15) is 6.04 Å². The fourth-order valence-corrected chi connectivity index (χ4v) is 1.89. The number of aryl methyl sites for hydroxylation is 1. The fraction of sp³-hybridized carbons (Fsp3) is 0.455. The van der Waals surface area contributed by atoms with E-state index in [4.69, 9.17) is 0 Å². The molecule has 0 saturated carbocycles. The summed E-state index contributed by atoms with van der Waals surface area (Å²) in [5, 5.41) is 2.44. The molecule has 1 atom stereocenters. The highest BCUT2D eigenvalue weighted by Gasteiger charge is 2.21. The Morgan fingerprint density at radius 2 is 2.21 bits per heavy atom.